The molecule has 21 heavy (non-hydrogen) atoms. The van der Waals surface area contributed by atoms with Crippen molar-refractivity contribution in [2.45, 2.75) is 32.7 Å². The summed E-state index contributed by atoms with van der Waals surface area (Å²) in [6.45, 7) is 5.91. The van der Waals surface area contributed by atoms with Crippen LogP contribution in [0.3, 0.4) is 0 Å². The molecule has 4 nitrogen and oxygen atoms in total. The van der Waals surface area contributed by atoms with E-state index < -0.39 is 0 Å². The van der Waals surface area contributed by atoms with Gasteiger partial charge < -0.3 is 14.6 Å². The number of benzene rings is 1. The van der Waals surface area contributed by atoms with Gasteiger partial charge in [-0.05, 0) is 37.6 Å². The quantitative estimate of drug-likeness (QED) is 0.810. The largest absolute Gasteiger partial charge is 0.494 e. The summed E-state index contributed by atoms with van der Waals surface area (Å²) in [5.41, 5.74) is 1.22. The number of hydrogen-bond acceptors (Lipinski definition) is 3. The standard InChI is InChI=1S/C17H25N3O/c1-4-9-18-16(17-19-10-11-20(17)3)8-12-21-15-7-5-6-14(2)13-15/h5-7,10-11,13,16,18H,4,8-9,12H2,1-3H3. The van der Waals surface area contributed by atoms with Crippen molar-refractivity contribution in [2.24, 2.45) is 7.05 Å². The van der Waals surface area contributed by atoms with E-state index in [1.807, 2.05) is 31.6 Å². The molecule has 1 atom stereocenters. The third-order valence-electron chi connectivity index (χ3n) is 3.48. The molecular formula is C17H25N3O. The van der Waals surface area contributed by atoms with Crippen LogP contribution in [0.5, 0.6) is 5.75 Å². The van der Waals surface area contributed by atoms with Gasteiger partial charge >= 0.3 is 0 Å². The monoisotopic (exact) mass is 287 g/mol. The highest BCUT2D eigenvalue weighted by Crippen LogP contribution is 2.17. The minimum atomic E-state index is 0.231. The van der Waals surface area contributed by atoms with Gasteiger partial charge in [-0.3, -0.25) is 0 Å². The van der Waals surface area contributed by atoms with E-state index in [1.165, 1.54) is 5.56 Å². The number of aryl methyl sites for hydroxylation is 2. The Morgan fingerprint density at radius 3 is 2.90 bits per heavy atom. The molecule has 0 spiro atoms. The van der Waals surface area contributed by atoms with Gasteiger partial charge in [-0.15, -0.1) is 0 Å². The summed E-state index contributed by atoms with van der Waals surface area (Å²) >= 11 is 0. The Hall–Kier alpha value is -1.81. The van der Waals surface area contributed by atoms with E-state index in [-0.39, 0.29) is 6.04 Å². The number of aromatic nitrogens is 2. The first kappa shape index (κ1) is 15.6. The molecule has 114 valence electrons. The Morgan fingerprint density at radius 2 is 2.24 bits per heavy atom. The van der Waals surface area contributed by atoms with Gasteiger partial charge in [0, 0.05) is 25.9 Å². The van der Waals surface area contributed by atoms with Crippen molar-refractivity contribution >= 4 is 0 Å². The van der Waals surface area contributed by atoms with E-state index >= 15 is 0 Å². The fourth-order valence-corrected chi connectivity index (χ4v) is 2.35. The van der Waals surface area contributed by atoms with Crippen molar-refractivity contribution < 1.29 is 4.74 Å². The van der Waals surface area contributed by atoms with E-state index in [0.29, 0.717) is 6.61 Å². The molecule has 0 aliphatic carbocycles. The zero-order valence-electron chi connectivity index (χ0n) is 13.2. The molecule has 2 aromatic rings. The summed E-state index contributed by atoms with van der Waals surface area (Å²) < 4.78 is 7.93. The van der Waals surface area contributed by atoms with Crippen LogP contribution in [0, 0.1) is 6.92 Å². The molecule has 2 rings (SSSR count). The Morgan fingerprint density at radius 1 is 1.38 bits per heavy atom. The molecule has 0 aliphatic heterocycles. The van der Waals surface area contributed by atoms with Crippen LogP contribution in [-0.2, 0) is 7.05 Å². The lowest BCUT2D eigenvalue weighted by Crippen LogP contribution is -2.26. The molecule has 4 heteroatoms. The lowest BCUT2D eigenvalue weighted by atomic mass is 10.2. The van der Waals surface area contributed by atoms with Crippen LogP contribution in [0.25, 0.3) is 0 Å². The first-order valence-corrected chi connectivity index (χ1v) is 7.60. The van der Waals surface area contributed by atoms with Gasteiger partial charge in [0.15, 0.2) is 0 Å². The lowest BCUT2D eigenvalue weighted by molar-refractivity contribution is 0.282. The molecule has 1 aromatic carbocycles. The van der Waals surface area contributed by atoms with Crippen molar-refractivity contribution in [1.82, 2.24) is 14.9 Å². The summed E-state index contributed by atoms with van der Waals surface area (Å²) in [6, 6.07) is 8.40. The number of imidazole rings is 1. The molecule has 1 heterocycles. The maximum absolute atomic E-state index is 5.86. The molecule has 0 fully saturated rings. The second-order valence-electron chi connectivity index (χ2n) is 5.36. The summed E-state index contributed by atoms with van der Waals surface area (Å²) in [7, 11) is 2.03. The van der Waals surface area contributed by atoms with Crippen LogP contribution >= 0.6 is 0 Å². The predicted octanol–water partition coefficient (Wildman–Crippen LogP) is 3.24. The van der Waals surface area contributed by atoms with Crippen molar-refractivity contribution in [1.29, 1.82) is 0 Å². The highest BCUT2D eigenvalue weighted by atomic mass is 16.5. The Bertz CT molecular complexity index is 550. The smallest absolute Gasteiger partial charge is 0.125 e. The minimum absolute atomic E-state index is 0.231. The average Bonchev–Trinajstić information content (AvgIpc) is 2.89. The van der Waals surface area contributed by atoms with E-state index in [0.717, 1.165) is 31.0 Å². The van der Waals surface area contributed by atoms with Crippen LogP contribution in [0.15, 0.2) is 36.7 Å². The van der Waals surface area contributed by atoms with Gasteiger partial charge in [-0.1, -0.05) is 19.1 Å². The first-order chi connectivity index (χ1) is 10.2. The van der Waals surface area contributed by atoms with Gasteiger partial charge in [0.05, 0.1) is 12.6 Å². The molecule has 0 saturated heterocycles. The third-order valence-corrected chi connectivity index (χ3v) is 3.48. The van der Waals surface area contributed by atoms with E-state index in [9.17, 15) is 0 Å². The normalized spacial score (nSPS) is 12.3. The zero-order chi connectivity index (χ0) is 15.1. The van der Waals surface area contributed by atoms with Gasteiger partial charge in [0.1, 0.15) is 11.6 Å². The van der Waals surface area contributed by atoms with Crippen molar-refractivity contribution in [3.8, 4) is 5.75 Å². The number of hydrogen-bond donors (Lipinski definition) is 1. The van der Waals surface area contributed by atoms with Gasteiger partial charge in [-0.25, -0.2) is 4.98 Å². The molecule has 1 aromatic heterocycles. The summed E-state index contributed by atoms with van der Waals surface area (Å²) in [5, 5.41) is 3.55. The van der Waals surface area contributed by atoms with Crippen LogP contribution in [0.4, 0.5) is 0 Å². The molecule has 0 bridgehead atoms. The topological polar surface area (TPSA) is 39.1 Å². The van der Waals surface area contributed by atoms with Crippen LogP contribution in [-0.4, -0.2) is 22.7 Å². The van der Waals surface area contributed by atoms with Gasteiger partial charge in [0.2, 0.25) is 0 Å². The summed E-state index contributed by atoms with van der Waals surface area (Å²) in [5.74, 6) is 2.00. The highest BCUT2D eigenvalue weighted by Gasteiger charge is 2.15. The molecule has 0 amide bonds. The number of ether oxygens (including phenoxy) is 1. The summed E-state index contributed by atoms with van der Waals surface area (Å²) in [4.78, 5) is 4.45. The maximum atomic E-state index is 5.86. The average molecular weight is 287 g/mol. The Balaban J connectivity index is 1.91. The second-order valence-corrected chi connectivity index (χ2v) is 5.36. The van der Waals surface area contributed by atoms with Crippen molar-refractivity contribution in [3.05, 3.63) is 48.0 Å². The molecule has 0 aliphatic rings. The van der Waals surface area contributed by atoms with E-state index in [1.54, 1.807) is 0 Å². The first-order valence-electron chi connectivity index (χ1n) is 7.60. The Kier molecular flexibility index (Phi) is 5.81. The fraction of sp³-hybridized carbons (Fsp3) is 0.471. The van der Waals surface area contributed by atoms with Crippen molar-refractivity contribution in [3.63, 3.8) is 0 Å². The van der Waals surface area contributed by atoms with Crippen LogP contribution < -0.4 is 10.1 Å². The number of rotatable bonds is 8. The minimum Gasteiger partial charge on any atom is -0.494 e. The zero-order valence-corrected chi connectivity index (χ0v) is 13.2. The molecule has 1 N–H and O–H groups in total. The molecule has 1 unspecified atom stereocenters. The highest BCUT2D eigenvalue weighted by molar-refractivity contribution is 5.27. The molecule has 0 radical (unpaired) electrons. The summed E-state index contributed by atoms with van der Waals surface area (Å²) in [6.07, 6.45) is 5.84. The van der Waals surface area contributed by atoms with E-state index in [4.69, 9.17) is 4.74 Å². The fourth-order valence-electron chi connectivity index (χ4n) is 2.35. The van der Waals surface area contributed by atoms with E-state index in [2.05, 4.69) is 40.8 Å². The maximum Gasteiger partial charge on any atom is 0.125 e. The number of nitrogens with zero attached hydrogens (tertiary/aromatic N) is 2. The van der Waals surface area contributed by atoms with Crippen LogP contribution in [0.2, 0.25) is 0 Å². The molecular weight excluding hydrogens is 262 g/mol. The van der Waals surface area contributed by atoms with Gasteiger partial charge in [0.25, 0.3) is 0 Å². The SMILES string of the molecule is CCCNC(CCOc1cccc(C)c1)c1nccn1C. The predicted molar refractivity (Wildman–Crippen MR) is 85.5 cm³/mol. The lowest BCUT2D eigenvalue weighted by Gasteiger charge is -2.18. The third kappa shape index (κ3) is 4.60. The second kappa shape index (κ2) is 7.84. The molecule has 0 saturated carbocycles. The Labute approximate surface area is 127 Å². The van der Waals surface area contributed by atoms with Crippen LogP contribution in [0.1, 0.15) is 37.2 Å². The number of nitrogens with one attached hydrogen (secondary N) is 1. The van der Waals surface area contributed by atoms with Gasteiger partial charge in [-0.2, -0.15) is 0 Å². The van der Waals surface area contributed by atoms with Crippen molar-refractivity contribution in [2.75, 3.05) is 13.2 Å².